The largest absolute Gasteiger partial charge is 0.472 e. The van der Waals surface area contributed by atoms with Crippen molar-refractivity contribution >= 4 is 5.78 Å². The molecule has 0 spiro atoms. The third kappa shape index (κ3) is 2.66. The Morgan fingerprint density at radius 3 is 2.62 bits per heavy atom. The highest BCUT2D eigenvalue weighted by atomic mass is 16.8. The zero-order valence-corrected chi connectivity index (χ0v) is 13.1. The van der Waals surface area contributed by atoms with Crippen molar-refractivity contribution in [1.82, 2.24) is 0 Å². The molecule has 0 amide bonds. The van der Waals surface area contributed by atoms with Crippen LogP contribution in [-0.4, -0.2) is 80.5 Å². The molecule has 1 aliphatic carbocycles. The number of rotatable bonds is 3. The average Bonchev–Trinajstić information content (AvgIpc) is 2.80. The molecule has 2 heterocycles. The van der Waals surface area contributed by atoms with E-state index in [9.17, 15) is 30.3 Å². The molecular formula is C15H22O9. The molecule has 24 heavy (non-hydrogen) atoms. The number of carbonyl (C=O) groups excluding carboxylic acids is 1. The van der Waals surface area contributed by atoms with Gasteiger partial charge in [0.15, 0.2) is 17.7 Å². The van der Waals surface area contributed by atoms with Gasteiger partial charge in [0.2, 0.25) is 6.29 Å². The second kappa shape index (κ2) is 6.34. The molecular weight excluding hydrogens is 324 g/mol. The Balaban J connectivity index is 1.76. The summed E-state index contributed by atoms with van der Waals surface area (Å²) in [6.45, 7) is 1.11. The van der Waals surface area contributed by atoms with Gasteiger partial charge in [-0.2, -0.15) is 0 Å². The maximum Gasteiger partial charge on any atom is 0.208 e. The van der Waals surface area contributed by atoms with Crippen LogP contribution in [0.2, 0.25) is 0 Å². The fraction of sp³-hybridized carbons (Fsp3) is 0.800. The molecule has 0 aromatic rings. The SMILES string of the molecule is CC1CC2C(OC3OC(CO)C(O)C(O)C3O)OC=CC2(O)C1=O. The van der Waals surface area contributed by atoms with E-state index in [-0.39, 0.29) is 11.7 Å². The first-order valence-corrected chi connectivity index (χ1v) is 7.85. The van der Waals surface area contributed by atoms with Crippen LogP contribution in [0.1, 0.15) is 13.3 Å². The third-order valence-electron chi connectivity index (χ3n) is 5.00. The van der Waals surface area contributed by atoms with Gasteiger partial charge >= 0.3 is 0 Å². The van der Waals surface area contributed by atoms with Gasteiger partial charge in [0.25, 0.3) is 0 Å². The van der Waals surface area contributed by atoms with Gasteiger partial charge in [-0.15, -0.1) is 0 Å². The van der Waals surface area contributed by atoms with E-state index in [4.69, 9.17) is 14.2 Å². The number of hydrogen-bond acceptors (Lipinski definition) is 9. The van der Waals surface area contributed by atoms with Crippen molar-refractivity contribution < 1.29 is 44.5 Å². The second-order valence-corrected chi connectivity index (χ2v) is 6.57. The maximum absolute atomic E-state index is 12.2. The molecule has 1 saturated carbocycles. The number of Topliss-reactive ketones (excluding diaryl/α,β-unsaturated/α-hetero) is 1. The fourth-order valence-corrected chi connectivity index (χ4v) is 3.52. The number of hydrogen-bond donors (Lipinski definition) is 5. The van der Waals surface area contributed by atoms with E-state index >= 15 is 0 Å². The zero-order valence-electron chi connectivity index (χ0n) is 13.1. The van der Waals surface area contributed by atoms with E-state index in [1.807, 2.05) is 0 Å². The van der Waals surface area contributed by atoms with Gasteiger partial charge in [0.05, 0.1) is 18.8 Å². The Morgan fingerprint density at radius 2 is 1.96 bits per heavy atom. The number of aliphatic hydroxyl groups is 5. The lowest BCUT2D eigenvalue weighted by Gasteiger charge is -2.42. The third-order valence-corrected chi connectivity index (χ3v) is 5.00. The molecule has 9 heteroatoms. The highest BCUT2D eigenvalue weighted by Crippen LogP contribution is 2.44. The van der Waals surface area contributed by atoms with Crippen LogP contribution in [0.25, 0.3) is 0 Å². The summed E-state index contributed by atoms with van der Waals surface area (Å²) in [7, 11) is 0. The first-order valence-electron chi connectivity index (χ1n) is 7.85. The smallest absolute Gasteiger partial charge is 0.208 e. The molecule has 9 atom stereocenters. The molecule has 0 aromatic carbocycles. The van der Waals surface area contributed by atoms with Crippen molar-refractivity contribution in [3.8, 4) is 0 Å². The summed E-state index contributed by atoms with van der Waals surface area (Å²) in [4.78, 5) is 12.2. The van der Waals surface area contributed by atoms with E-state index in [1.54, 1.807) is 6.92 Å². The van der Waals surface area contributed by atoms with Gasteiger partial charge in [-0.05, 0) is 12.5 Å². The predicted octanol–water partition coefficient (Wildman–Crippen LogP) is -2.37. The van der Waals surface area contributed by atoms with Crippen molar-refractivity contribution in [2.75, 3.05) is 6.61 Å². The standard InChI is InChI=1S/C15H22O9/c1-6-4-7-13(22-3-2-15(7,21)12(6)20)24-14-11(19)10(18)9(17)8(5-16)23-14/h2-3,6-11,13-14,16-19,21H,4-5H2,1H3. The molecule has 136 valence electrons. The van der Waals surface area contributed by atoms with Crippen molar-refractivity contribution in [2.45, 2.75) is 55.9 Å². The first kappa shape index (κ1) is 17.7. The first-order chi connectivity index (χ1) is 11.3. The molecule has 0 aromatic heterocycles. The number of ether oxygens (including phenoxy) is 3. The summed E-state index contributed by atoms with van der Waals surface area (Å²) in [6, 6.07) is 0. The van der Waals surface area contributed by atoms with Crippen LogP contribution in [0.4, 0.5) is 0 Å². The molecule has 9 nitrogen and oxygen atoms in total. The van der Waals surface area contributed by atoms with Crippen molar-refractivity contribution in [3.05, 3.63) is 12.3 Å². The van der Waals surface area contributed by atoms with E-state index in [2.05, 4.69) is 0 Å². The van der Waals surface area contributed by atoms with E-state index < -0.39 is 55.1 Å². The van der Waals surface area contributed by atoms with Crippen LogP contribution in [-0.2, 0) is 19.0 Å². The Morgan fingerprint density at radius 1 is 1.25 bits per heavy atom. The van der Waals surface area contributed by atoms with Crippen LogP contribution in [0.15, 0.2) is 12.3 Å². The van der Waals surface area contributed by atoms with E-state index in [1.165, 1.54) is 6.08 Å². The van der Waals surface area contributed by atoms with Crippen LogP contribution in [0.5, 0.6) is 0 Å². The molecule has 9 unspecified atom stereocenters. The maximum atomic E-state index is 12.2. The lowest BCUT2D eigenvalue weighted by atomic mass is 9.88. The van der Waals surface area contributed by atoms with Gasteiger partial charge in [-0.25, -0.2) is 0 Å². The zero-order chi connectivity index (χ0) is 17.6. The Hall–Kier alpha value is -1.07. The number of ketones is 1. The molecule has 3 rings (SSSR count). The number of fused-ring (bicyclic) bond motifs is 1. The topological polar surface area (TPSA) is 146 Å². The normalized spacial score (nSPS) is 51.3. The fourth-order valence-electron chi connectivity index (χ4n) is 3.52. The van der Waals surface area contributed by atoms with Crippen molar-refractivity contribution in [3.63, 3.8) is 0 Å². The van der Waals surface area contributed by atoms with Crippen LogP contribution in [0.3, 0.4) is 0 Å². The monoisotopic (exact) mass is 346 g/mol. The summed E-state index contributed by atoms with van der Waals surface area (Å²) in [5, 5.41) is 49.3. The summed E-state index contributed by atoms with van der Waals surface area (Å²) in [6.07, 6.45) is -5.51. The molecule has 2 aliphatic heterocycles. The highest BCUT2D eigenvalue weighted by molar-refractivity contribution is 5.93. The number of aliphatic hydroxyl groups excluding tert-OH is 4. The van der Waals surface area contributed by atoms with Gasteiger partial charge in [-0.3, -0.25) is 4.79 Å². The van der Waals surface area contributed by atoms with Crippen LogP contribution in [0, 0.1) is 11.8 Å². The lowest BCUT2D eigenvalue weighted by Crippen LogP contribution is -2.60. The van der Waals surface area contributed by atoms with Crippen molar-refractivity contribution in [1.29, 1.82) is 0 Å². The van der Waals surface area contributed by atoms with E-state index in [0.29, 0.717) is 6.42 Å². The summed E-state index contributed by atoms with van der Waals surface area (Å²) >= 11 is 0. The highest BCUT2D eigenvalue weighted by Gasteiger charge is 2.57. The minimum atomic E-state index is -1.71. The molecule has 0 bridgehead atoms. The summed E-state index contributed by atoms with van der Waals surface area (Å²) in [5.41, 5.74) is -1.71. The summed E-state index contributed by atoms with van der Waals surface area (Å²) < 4.78 is 16.1. The summed E-state index contributed by atoms with van der Waals surface area (Å²) in [5.74, 6) is -1.42. The number of carbonyl (C=O) groups is 1. The lowest BCUT2D eigenvalue weighted by molar-refractivity contribution is -0.343. The van der Waals surface area contributed by atoms with Gasteiger partial charge < -0.3 is 39.7 Å². The quantitative estimate of drug-likeness (QED) is 0.378. The van der Waals surface area contributed by atoms with Crippen LogP contribution < -0.4 is 0 Å². The van der Waals surface area contributed by atoms with Gasteiger partial charge in [0, 0.05) is 5.92 Å². The van der Waals surface area contributed by atoms with Gasteiger partial charge in [-0.1, -0.05) is 6.92 Å². The molecule has 2 fully saturated rings. The molecule has 0 radical (unpaired) electrons. The Labute approximate surface area is 138 Å². The van der Waals surface area contributed by atoms with Gasteiger partial charge in [0.1, 0.15) is 24.4 Å². The van der Waals surface area contributed by atoms with Crippen molar-refractivity contribution in [2.24, 2.45) is 11.8 Å². The van der Waals surface area contributed by atoms with E-state index in [0.717, 1.165) is 6.26 Å². The molecule has 1 saturated heterocycles. The predicted molar refractivity (Wildman–Crippen MR) is 76.1 cm³/mol. The Kier molecular flexibility index (Phi) is 4.69. The van der Waals surface area contributed by atoms with Crippen LogP contribution >= 0.6 is 0 Å². The molecule has 5 N–H and O–H groups in total. The molecule has 3 aliphatic rings. The second-order valence-electron chi connectivity index (χ2n) is 6.57. The average molecular weight is 346 g/mol. The Bertz CT molecular complexity index is 521. The minimum absolute atomic E-state index is 0.321. The minimum Gasteiger partial charge on any atom is -0.472 e.